The molecule has 27 heavy (non-hydrogen) atoms. The first-order valence-corrected chi connectivity index (χ1v) is 10.4. The second-order valence-electron chi connectivity index (χ2n) is 6.59. The molecule has 0 bridgehead atoms. The molecule has 0 aromatic heterocycles. The lowest BCUT2D eigenvalue weighted by atomic mass is 10.2. The van der Waals surface area contributed by atoms with Crippen molar-refractivity contribution in [2.75, 3.05) is 13.7 Å². The molecule has 0 aliphatic heterocycles. The van der Waals surface area contributed by atoms with Crippen molar-refractivity contribution < 1.29 is 27.5 Å². The molecule has 2 rings (SSSR count). The Bertz CT molecular complexity index is 789. The zero-order valence-corrected chi connectivity index (χ0v) is 16.6. The van der Waals surface area contributed by atoms with E-state index in [0.29, 0.717) is 0 Å². The SMILES string of the molecule is CCC[C@@H](C)NC(=O)COC(=O)c1ccc(OC)c(S(=O)(=O)NC2CC2)c1. The zero-order chi connectivity index (χ0) is 20.0. The highest BCUT2D eigenvalue weighted by atomic mass is 32.2. The van der Waals surface area contributed by atoms with Crippen LogP contribution in [0.4, 0.5) is 0 Å². The fourth-order valence-electron chi connectivity index (χ4n) is 2.53. The average molecular weight is 398 g/mol. The predicted octanol–water partition coefficient (Wildman–Crippen LogP) is 1.60. The van der Waals surface area contributed by atoms with Crippen molar-refractivity contribution in [2.45, 2.75) is 56.5 Å². The minimum Gasteiger partial charge on any atom is -0.495 e. The van der Waals surface area contributed by atoms with E-state index in [1.807, 2.05) is 13.8 Å². The summed E-state index contributed by atoms with van der Waals surface area (Å²) in [5.74, 6) is -1.05. The van der Waals surface area contributed by atoms with Crippen LogP contribution in [0.3, 0.4) is 0 Å². The number of carbonyl (C=O) groups excluding carboxylic acids is 2. The number of carbonyl (C=O) groups is 2. The van der Waals surface area contributed by atoms with E-state index in [2.05, 4.69) is 10.0 Å². The van der Waals surface area contributed by atoms with Gasteiger partial charge in [-0.3, -0.25) is 4.79 Å². The zero-order valence-electron chi connectivity index (χ0n) is 15.8. The topological polar surface area (TPSA) is 111 Å². The van der Waals surface area contributed by atoms with E-state index in [9.17, 15) is 18.0 Å². The van der Waals surface area contributed by atoms with Gasteiger partial charge >= 0.3 is 5.97 Å². The van der Waals surface area contributed by atoms with E-state index in [1.54, 1.807) is 0 Å². The summed E-state index contributed by atoms with van der Waals surface area (Å²) in [6.07, 6.45) is 3.33. The smallest absolute Gasteiger partial charge is 0.338 e. The fourth-order valence-corrected chi connectivity index (χ4v) is 4.03. The van der Waals surface area contributed by atoms with Crippen molar-refractivity contribution in [2.24, 2.45) is 0 Å². The number of esters is 1. The number of hydrogen-bond donors (Lipinski definition) is 2. The molecule has 9 heteroatoms. The average Bonchev–Trinajstić information content (AvgIpc) is 3.42. The van der Waals surface area contributed by atoms with Gasteiger partial charge in [0.25, 0.3) is 5.91 Å². The van der Waals surface area contributed by atoms with Crippen LogP contribution < -0.4 is 14.8 Å². The van der Waals surface area contributed by atoms with Gasteiger partial charge in [-0.25, -0.2) is 17.9 Å². The molecular weight excluding hydrogens is 372 g/mol. The lowest BCUT2D eigenvalue weighted by Crippen LogP contribution is -2.35. The summed E-state index contributed by atoms with van der Waals surface area (Å²) in [5.41, 5.74) is 0.0291. The molecule has 8 nitrogen and oxygen atoms in total. The van der Waals surface area contributed by atoms with Gasteiger partial charge in [-0.05, 0) is 44.4 Å². The van der Waals surface area contributed by atoms with Gasteiger partial charge in [-0.2, -0.15) is 0 Å². The van der Waals surface area contributed by atoms with E-state index in [0.717, 1.165) is 25.7 Å². The monoisotopic (exact) mass is 398 g/mol. The Labute approximate surface area is 159 Å². The maximum atomic E-state index is 12.5. The van der Waals surface area contributed by atoms with Crippen LogP contribution in [0.5, 0.6) is 5.75 Å². The normalized spacial score (nSPS) is 15.1. The van der Waals surface area contributed by atoms with E-state index in [4.69, 9.17) is 9.47 Å². The van der Waals surface area contributed by atoms with E-state index in [-0.39, 0.29) is 28.3 Å². The molecule has 0 heterocycles. The highest BCUT2D eigenvalue weighted by Gasteiger charge is 2.30. The Balaban J connectivity index is 2.06. The van der Waals surface area contributed by atoms with E-state index < -0.39 is 28.5 Å². The fraction of sp³-hybridized carbons (Fsp3) is 0.556. The molecule has 1 aliphatic rings. The lowest BCUT2D eigenvalue weighted by Gasteiger charge is -2.14. The van der Waals surface area contributed by atoms with Gasteiger partial charge in [-0.1, -0.05) is 13.3 Å². The molecule has 1 aromatic rings. The molecule has 1 amide bonds. The Morgan fingerprint density at radius 1 is 1.30 bits per heavy atom. The second kappa shape index (κ2) is 9.18. The summed E-state index contributed by atoms with van der Waals surface area (Å²) in [5, 5.41) is 2.73. The minimum absolute atomic E-state index is 0.00701. The van der Waals surface area contributed by atoms with Gasteiger partial charge < -0.3 is 14.8 Å². The lowest BCUT2D eigenvalue weighted by molar-refractivity contribution is -0.124. The van der Waals surface area contributed by atoms with Crippen molar-refractivity contribution in [3.8, 4) is 5.75 Å². The maximum Gasteiger partial charge on any atom is 0.338 e. The van der Waals surface area contributed by atoms with Crippen LogP contribution in [0.1, 0.15) is 49.9 Å². The quantitative estimate of drug-likeness (QED) is 0.579. The molecule has 0 radical (unpaired) electrons. The number of ether oxygens (including phenoxy) is 2. The number of nitrogens with one attached hydrogen (secondary N) is 2. The van der Waals surface area contributed by atoms with Gasteiger partial charge in [-0.15, -0.1) is 0 Å². The summed E-state index contributed by atoms with van der Waals surface area (Å²) in [7, 11) is -2.46. The molecule has 0 spiro atoms. The molecule has 1 aliphatic carbocycles. The Hall–Kier alpha value is -2.13. The number of rotatable bonds is 10. The third-order valence-corrected chi connectivity index (χ3v) is 5.59. The van der Waals surface area contributed by atoms with E-state index >= 15 is 0 Å². The van der Waals surface area contributed by atoms with Gasteiger partial charge in [0.2, 0.25) is 10.0 Å². The van der Waals surface area contributed by atoms with Gasteiger partial charge in [0.05, 0.1) is 12.7 Å². The first-order chi connectivity index (χ1) is 12.8. The van der Waals surface area contributed by atoms with Gasteiger partial charge in [0, 0.05) is 12.1 Å². The number of sulfonamides is 1. The van der Waals surface area contributed by atoms with Crippen LogP contribution in [-0.4, -0.2) is 46.1 Å². The Kier molecular flexibility index (Phi) is 7.20. The first kappa shape index (κ1) is 21.2. The summed E-state index contributed by atoms with van der Waals surface area (Å²) in [6, 6.07) is 3.90. The van der Waals surface area contributed by atoms with Crippen molar-refractivity contribution in [1.82, 2.24) is 10.0 Å². The second-order valence-corrected chi connectivity index (χ2v) is 8.28. The van der Waals surface area contributed by atoms with Crippen molar-refractivity contribution in [3.05, 3.63) is 23.8 Å². The standard InChI is InChI=1S/C18H26N2O6S/c1-4-5-12(2)19-17(21)11-26-18(22)13-6-9-15(25-3)16(10-13)27(23,24)20-14-7-8-14/h6,9-10,12,14,20H,4-5,7-8,11H2,1-3H3,(H,19,21)/t12-/m1/s1. The van der Waals surface area contributed by atoms with Crippen LogP contribution in [0, 0.1) is 0 Å². The summed E-state index contributed by atoms with van der Waals surface area (Å²) < 4.78 is 37.6. The largest absolute Gasteiger partial charge is 0.495 e. The number of amides is 1. The summed E-state index contributed by atoms with van der Waals surface area (Å²) in [6.45, 7) is 3.45. The molecule has 1 atom stereocenters. The predicted molar refractivity (Wildman–Crippen MR) is 99.1 cm³/mol. The third-order valence-electron chi connectivity index (χ3n) is 4.05. The van der Waals surface area contributed by atoms with Gasteiger partial charge in [0.15, 0.2) is 6.61 Å². The van der Waals surface area contributed by atoms with Crippen LogP contribution in [0.15, 0.2) is 23.1 Å². The number of methoxy groups -OCH3 is 1. The molecule has 1 saturated carbocycles. The van der Waals surface area contributed by atoms with E-state index in [1.165, 1.54) is 25.3 Å². The van der Waals surface area contributed by atoms with Crippen LogP contribution in [0.25, 0.3) is 0 Å². The highest BCUT2D eigenvalue weighted by molar-refractivity contribution is 7.89. The van der Waals surface area contributed by atoms with Crippen LogP contribution in [0.2, 0.25) is 0 Å². The molecule has 0 saturated heterocycles. The van der Waals surface area contributed by atoms with Crippen LogP contribution in [-0.2, 0) is 19.6 Å². The van der Waals surface area contributed by atoms with Crippen molar-refractivity contribution in [3.63, 3.8) is 0 Å². The third kappa shape index (κ3) is 6.21. The van der Waals surface area contributed by atoms with Crippen LogP contribution >= 0.6 is 0 Å². The maximum absolute atomic E-state index is 12.5. The number of hydrogen-bond acceptors (Lipinski definition) is 6. The molecule has 150 valence electrons. The highest BCUT2D eigenvalue weighted by Crippen LogP contribution is 2.28. The first-order valence-electron chi connectivity index (χ1n) is 8.93. The Morgan fingerprint density at radius 2 is 2.00 bits per heavy atom. The van der Waals surface area contributed by atoms with Crippen molar-refractivity contribution in [1.29, 1.82) is 0 Å². The minimum atomic E-state index is -3.81. The number of benzene rings is 1. The summed E-state index contributed by atoms with van der Waals surface area (Å²) >= 11 is 0. The summed E-state index contributed by atoms with van der Waals surface area (Å²) in [4.78, 5) is 23.9. The van der Waals surface area contributed by atoms with Gasteiger partial charge in [0.1, 0.15) is 10.6 Å². The molecule has 1 aromatic carbocycles. The molecule has 1 fully saturated rings. The molecule has 0 unspecified atom stereocenters. The molecular formula is C18H26N2O6S. The Morgan fingerprint density at radius 3 is 2.59 bits per heavy atom. The van der Waals surface area contributed by atoms with Crippen molar-refractivity contribution >= 4 is 21.9 Å². The molecule has 2 N–H and O–H groups in total.